The van der Waals surface area contributed by atoms with Gasteiger partial charge in [0.2, 0.25) is 0 Å². The average molecular weight is 319 g/mol. The number of halogens is 1. The van der Waals surface area contributed by atoms with Crippen molar-refractivity contribution in [3.63, 3.8) is 0 Å². The molecule has 1 unspecified atom stereocenters. The fourth-order valence-electron chi connectivity index (χ4n) is 2.08. The molecule has 0 spiro atoms. The SMILES string of the molecule is Cc1cccc(CCC(C)Nc2cccnc2Br)c1. The molecule has 2 rings (SSSR count). The zero-order chi connectivity index (χ0) is 13.7. The molecular formula is C16H19BrN2. The molecule has 1 atom stereocenters. The third-order valence-corrected chi connectivity index (χ3v) is 3.74. The van der Waals surface area contributed by atoms with E-state index in [9.17, 15) is 0 Å². The number of aryl methyl sites for hydroxylation is 2. The Morgan fingerprint density at radius 2 is 2.11 bits per heavy atom. The first-order chi connectivity index (χ1) is 9.15. The van der Waals surface area contributed by atoms with E-state index in [2.05, 4.69) is 64.3 Å². The van der Waals surface area contributed by atoms with Crippen LogP contribution in [0.3, 0.4) is 0 Å². The van der Waals surface area contributed by atoms with Crippen molar-refractivity contribution >= 4 is 21.6 Å². The van der Waals surface area contributed by atoms with E-state index >= 15 is 0 Å². The van der Waals surface area contributed by atoms with Gasteiger partial charge in [-0.1, -0.05) is 29.8 Å². The number of anilines is 1. The molecule has 0 saturated carbocycles. The number of benzene rings is 1. The smallest absolute Gasteiger partial charge is 0.129 e. The molecule has 19 heavy (non-hydrogen) atoms. The Morgan fingerprint density at radius 3 is 2.84 bits per heavy atom. The van der Waals surface area contributed by atoms with Crippen LogP contribution in [0, 0.1) is 6.92 Å². The first-order valence-corrected chi connectivity index (χ1v) is 7.37. The average Bonchev–Trinajstić information content (AvgIpc) is 2.39. The number of nitrogens with one attached hydrogen (secondary N) is 1. The minimum atomic E-state index is 0.418. The summed E-state index contributed by atoms with van der Waals surface area (Å²) in [5.41, 5.74) is 3.78. The highest BCUT2D eigenvalue weighted by molar-refractivity contribution is 9.10. The van der Waals surface area contributed by atoms with Gasteiger partial charge in [0.1, 0.15) is 4.60 Å². The van der Waals surface area contributed by atoms with Crippen molar-refractivity contribution in [3.8, 4) is 0 Å². The molecule has 0 fully saturated rings. The first-order valence-electron chi connectivity index (χ1n) is 6.58. The van der Waals surface area contributed by atoms with Crippen molar-refractivity contribution in [3.05, 3.63) is 58.3 Å². The predicted molar refractivity (Wildman–Crippen MR) is 84.5 cm³/mol. The van der Waals surface area contributed by atoms with Gasteiger partial charge in [0, 0.05) is 12.2 Å². The zero-order valence-electron chi connectivity index (χ0n) is 11.4. The normalized spacial score (nSPS) is 12.2. The standard InChI is InChI=1S/C16H19BrN2/c1-12-5-3-6-14(11-12)9-8-13(2)19-15-7-4-10-18-16(15)17/h3-7,10-11,13,19H,8-9H2,1-2H3. The molecule has 0 aliphatic heterocycles. The third-order valence-electron chi connectivity index (χ3n) is 3.11. The van der Waals surface area contributed by atoms with Crippen LogP contribution in [0.25, 0.3) is 0 Å². The maximum absolute atomic E-state index is 4.22. The van der Waals surface area contributed by atoms with E-state index in [1.165, 1.54) is 11.1 Å². The Labute approximate surface area is 123 Å². The van der Waals surface area contributed by atoms with E-state index in [0.717, 1.165) is 23.1 Å². The van der Waals surface area contributed by atoms with Crippen LogP contribution < -0.4 is 5.32 Å². The summed E-state index contributed by atoms with van der Waals surface area (Å²) in [4.78, 5) is 4.22. The van der Waals surface area contributed by atoms with Crippen LogP contribution in [0.5, 0.6) is 0 Å². The number of pyridine rings is 1. The molecule has 100 valence electrons. The lowest BCUT2D eigenvalue weighted by Gasteiger charge is -2.16. The zero-order valence-corrected chi connectivity index (χ0v) is 12.9. The molecule has 0 aliphatic carbocycles. The van der Waals surface area contributed by atoms with E-state index in [1.807, 2.05) is 12.1 Å². The van der Waals surface area contributed by atoms with Crippen LogP contribution in [0.15, 0.2) is 47.2 Å². The van der Waals surface area contributed by atoms with Gasteiger partial charge in [0.05, 0.1) is 5.69 Å². The Hall–Kier alpha value is -1.35. The maximum atomic E-state index is 4.22. The Bertz CT molecular complexity index is 540. The summed E-state index contributed by atoms with van der Waals surface area (Å²) in [6, 6.07) is 13.1. The van der Waals surface area contributed by atoms with Gasteiger partial charge >= 0.3 is 0 Å². The van der Waals surface area contributed by atoms with Crippen molar-refractivity contribution in [1.29, 1.82) is 0 Å². The molecule has 0 aliphatic rings. The fourth-order valence-corrected chi connectivity index (χ4v) is 2.45. The molecule has 0 amide bonds. The molecule has 1 aromatic carbocycles. The quantitative estimate of drug-likeness (QED) is 0.816. The Morgan fingerprint density at radius 1 is 1.26 bits per heavy atom. The minimum absolute atomic E-state index is 0.418. The van der Waals surface area contributed by atoms with Crippen molar-refractivity contribution in [2.75, 3.05) is 5.32 Å². The fraction of sp³-hybridized carbons (Fsp3) is 0.312. The molecule has 0 bridgehead atoms. The van der Waals surface area contributed by atoms with Crippen LogP contribution in [-0.2, 0) is 6.42 Å². The lowest BCUT2D eigenvalue weighted by Crippen LogP contribution is -2.16. The lowest BCUT2D eigenvalue weighted by molar-refractivity contribution is 0.705. The van der Waals surface area contributed by atoms with E-state index in [-0.39, 0.29) is 0 Å². The second-order valence-corrected chi connectivity index (χ2v) is 5.67. The van der Waals surface area contributed by atoms with Crippen LogP contribution in [0.1, 0.15) is 24.5 Å². The van der Waals surface area contributed by atoms with Crippen molar-refractivity contribution in [2.45, 2.75) is 32.7 Å². The first kappa shape index (κ1) is 14.1. The Balaban J connectivity index is 1.88. The van der Waals surface area contributed by atoms with Gasteiger partial charge in [-0.2, -0.15) is 0 Å². The maximum Gasteiger partial charge on any atom is 0.129 e. The van der Waals surface area contributed by atoms with E-state index < -0.39 is 0 Å². The van der Waals surface area contributed by atoms with Crippen LogP contribution >= 0.6 is 15.9 Å². The molecule has 1 N–H and O–H groups in total. The number of aromatic nitrogens is 1. The second kappa shape index (κ2) is 6.71. The molecule has 2 aromatic rings. The third kappa shape index (κ3) is 4.35. The van der Waals surface area contributed by atoms with E-state index in [0.29, 0.717) is 6.04 Å². The molecule has 0 radical (unpaired) electrons. The molecule has 0 saturated heterocycles. The Kier molecular flexibility index (Phi) is 4.97. The van der Waals surface area contributed by atoms with Crippen molar-refractivity contribution in [1.82, 2.24) is 4.98 Å². The summed E-state index contributed by atoms with van der Waals surface area (Å²) >= 11 is 3.46. The monoisotopic (exact) mass is 318 g/mol. The predicted octanol–water partition coefficient (Wildman–Crippen LogP) is 4.59. The topological polar surface area (TPSA) is 24.9 Å². The summed E-state index contributed by atoms with van der Waals surface area (Å²) in [5, 5.41) is 3.49. The number of hydrogen-bond donors (Lipinski definition) is 1. The number of rotatable bonds is 5. The second-order valence-electron chi connectivity index (χ2n) is 4.91. The summed E-state index contributed by atoms with van der Waals surface area (Å²) < 4.78 is 0.873. The van der Waals surface area contributed by atoms with Gasteiger partial charge < -0.3 is 5.32 Å². The van der Waals surface area contributed by atoms with Gasteiger partial charge in [0.15, 0.2) is 0 Å². The summed E-state index contributed by atoms with van der Waals surface area (Å²) in [6.45, 7) is 4.34. The van der Waals surface area contributed by atoms with Gasteiger partial charge in [-0.3, -0.25) is 0 Å². The van der Waals surface area contributed by atoms with Crippen molar-refractivity contribution < 1.29 is 0 Å². The summed E-state index contributed by atoms with van der Waals surface area (Å²) in [6.07, 6.45) is 3.98. The van der Waals surface area contributed by atoms with Gasteiger partial charge in [-0.05, 0) is 60.3 Å². The summed E-state index contributed by atoms with van der Waals surface area (Å²) in [5.74, 6) is 0. The van der Waals surface area contributed by atoms with E-state index in [4.69, 9.17) is 0 Å². The minimum Gasteiger partial charge on any atom is -0.380 e. The highest BCUT2D eigenvalue weighted by Crippen LogP contribution is 2.20. The van der Waals surface area contributed by atoms with Gasteiger partial charge in [-0.15, -0.1) is 0 Å². The molecule has 2 nitrogen and oxygen atoms in total. The number of hydrogen-bond acceptors (Lipinski definition) is 2. The summed E-state index contributed by atoms with van der Waals surface area (Å²) in [7, 11) is 0. The van der Waals surface area contributed by atoms with Crippen LogP contribution in [-0.4, -0.2) is 11.0 Å². The van der Waals surface area contributed by atoms with Gasteiger partial charge in [0.25, 0.3) is 0 Å². The molecule has 1 aromatic heterocycles. The largest absolute Gasteiger partial charge is 0.380 e. The highest BCUT2D eigenvalue weighted by Gasteiger charge is 2.05. The van der Waals surface area contributed by atoms with E-state index in [1.54, 1.807) is 6.20 Å². The van der Waals surface area contributed by atoms with Crippen molar-refractivity contribution in [2.24, 2.45) is 0 Å². The molecule has 1 heterocycles. The molecule has 3 heteroatoms. The van der Waals surface area contributed by atoms with Gasteiger partial charge in [-0.25, -0.2) is 4.98 Å². The lowest BCUT2D eigenvalue weighted by atomic mass is 10.0. The number of nitrogens with zero attached hydrogens (tertiary/aromatic N) is 1. The van der Waals surface area contributed by atoms with Crippen LogP contribution in [0.2, 0.25) is 0 Å². The molecular weight excluding hydrogens is 300 g/mol. The van der Waals surface area contributed by atoms with Crippen LogP contribution in [0.4, 0.5) is 5.69 Å². The highest BCUT2D eigenvalue weighted by atomic mass is 79.9.